The van der Waals surface area contributed by atoms with Crippen molar-refractivity contribution in [2.75, 3.05) is 55.9 Å². The molecule has 29 nitrogen and oxygen atoms in total. The van der Waals surface area contributed by atoms with Crippen molar-refractivity contribution in [3.05, 3.63) is 343 Å². The lowest BCUT2D eigenvalue weighted by Gasteiger charge is -2.09. The largest absolute Gasteiger partial charge is 0.508 e. The van der Waals surface area contributed by atoms with E-state index in [1.54, 1.807) is 145 Å². The molecule has 0 fully saturated rings. The van der Waals surface area contributed by atoms with Gasteiger partial charge in [0.05, 0.1) is 98.4 Å². The van der Waals surface area contributed by atoms with Crippen molar-refractivity contribution in [3.63, 3.8) is 0 Å². The number of carboxylic acids is 1. The first-order valence-electron chi connectivity index (χ1n) is 44.8. The molecule has 0 radical (unpaired) electrons. The van der Waals surface area contributed by atoms with Gasteiger partial charge in [-0.05, 0) is 317 Å². The van der Waals surface area contributed by atoms with Crippen LogP contribution in [0.5, 0.6) is 51.7 Å². The molecule has 0 saturated heterocycles. The molecule has 140 heavy (non-hydrogen) atoms. The summed E-state index contributed by atoms with van der Waals surface area (Å²) in [6.07, 6.45) is 14.1. The number of hydrogen-bond donors (Lipinski definition) is 9. The van der Waals surface area contributed by atoms with Gasteiger partial charge < -0.3 is 63.4 Å². The third-order valence-corrected chi connectivity index (χ3v) is 24.6. The van der Waals surface area contributed by atoms with Gasteiger partial charge in [-0.2, -0.15) is 10.2 Å². The Kier molecular flexibility index (Phi) is 34.9. The Morgan fingerprint density at radius 2 is 0.607 bits per heavy atom. The first-order valence-corrected chi connectivity index (χ1v) is 47.2. The Balaban J connectivity index is 0.000000168. The summed E-state index contributed by atoms with van der Waals surface area (Å²) in [6, 6.07) is 74.2. The first-order chi connectivity index (χ1) is 68.2. The zero-order valence-electron chi connectivity index (χ0n) is 75.7. The van der Waals surface area contributed by atoms with Gasteiger partial charge in [-0.3, -0.25) is 21.1 Å². The topological polar surface area (TPSA) is 420 Å². The number of nitrogen functional groups attached to an aromatic ring is 1. The van der Waals surface area contributed by atoms with Crippen LogP contribution in [0.2, 0.25) is 0 Å². The SMILES string of the molecule is C=CC(=O)OCCCCCCOc1ccc(C(=O)O)cc1.C=CC(=O)OCCCCCCOc1ccc(C(=O)Oc2ccc3c(c2)C(=NNc2nc4ccccc4s2)c2cc(OC(=O)c4ccc(OCCCCCCOC(=O)C=C)cc4)ccc2-3)cc1.NNc1nc2ccccc2s1.O=C1c2cc(O)ccc2-c2ccc(O)cc21.Oc1ccc2c(c1)C(=NNc1nc3ccccc3s1)c1cc(O)ccc1-2. The number of phenolic OH excluding ortho intramolecular Hbond substituents is 4. The van der Waals surface area contributed by atoms with Gasteiger partial charge in [-0.25, -0.2) is 49.6 Å². The number of nitrogens with zero attached hydrogens (tertiary/aromatic N) is 5. The number of para-hydroxylation sites is 3. The number of anilines is 3. The molecular formula is C108H97N9O20S3. The minimum atomic E-state index is -0.946. The molecule has 0 spiro atoms. The number of rotatable bonds is 37. The number of nitrogens with one attached hydrogen (secondary N) is 3. The second-order valence-electron chi connectivity index (χ2n) is 31.5. The van der Waals surface area contributed by atoms with Gasteiger partial charge in [0.2, 0.25) is 10.3 Å². The lowest BCUT2D eigenvalue weighted by atomic mass is 10.1. The van der Waals surface area contributed by atoms with Crippen LogP contribution in [0.1, 0.15) is 146 Å². The van der Waals surface area contributed by atoms with Gasteiger partial charge in [0.15, 0.2) is 10.9 Å². The van der Waals surface area contributed by atoms with Crippen molar-refractivity contribution < 1.29 is 97.0 Å². The number of carbonyl (C=O) groups is 7. The molecule has 3 heterocycles. The molecule has 3 aliphatic rings. The molecule has 3 aliphatic carbocycles. The van der Waals surface area contributed by atoms with E-state index < -0.39 is 29.8 Å². The molecule has 0 amide bonds. The number of aromatic nitrogens is 3. The second-order valence-corrected chi connectivity index (χ2v) is 34.6. The number of carboxylic acid groups (broad SMARTS) is 1. The highest BCUT2D eigenvalue weighted by Crippen LogP contribution is 2.45. The van der Waals surface area contributed by atoms with Crippen molar-refractivity contribution in [3.8, 4) is 85.1 Å². The Morgan fingerprint density at radius 1 is 0.329 bits per heavy atom. The number of hydrazone groups is 2. The summed E-state index contributed by atoms with van der Waals surface area (Å²) >= 11 is 4.54. The third-order valence-electron chi connectivity index (χ3n) is 21.8. The van der Waals surface area contributed by atoms with Crippen LogP contribution < -0.4 is 45.8 Å². The highest BCUT2D eigenvalue weighted by Gasteiger charge is 2.31. The highest BCUT2D eigenvalue weighted by molar-refractivity contribution is 7.22. The minimum Gasteiger partial charge on any atom is -0.508 e. The van der Waals surface area contributed by atoms with E-state index in [0.717, 1.165) is 176 Å². The maximum Gasteiger partial charge on any atom is 0.343 e. The fraction of sp³-hybridized carbons (Fsp3) is 0.167. The summed E-state index contributed by atoms with van der Waals surface area (Å²) in [6.45, 7) is 12.9. The van der Waals surface area contributed by atoms with Crippen LogP contribution in [0.25, 0.3) is 64.0 Å². The number of ether oxygens (including phenoxy) is 8. The smallest absolute Gasteiger partial charge is 0.343 e. The number of hydrogen-bond acceptors (Lipinski definition) is 31. The van der Waals surface area contributed by atoms with Gasteiger partial charge in [-0.15, -0.1) is 0 Å². The summed E-state index contributed by atoms with van der Waals surface area (Å²) in [5.41, 5.74) is 22.9. The van der Waals surface area contributed by atoms with E-state index >= 15 is 0 Å². The Bertz CT molecular complexity index is 6730. The predicted octanol–water partition coefficient (Wildman–Crippen LogP) is 22.4. The number of nitrogens with two attached hydrogens (primary N) is 1. The molecule has 12 aromatic carbocycles. The predicted molar refractivity (Wildman–Crippen MR) is 542 cm³/mol. The number of thiazole rings is 3. The maximum atomic E-state index is 13.4. The van der Waals surface area contributed by atoms with E-state index in [2.05, 4.69) is 56.1 Å². The number of fused-ring (bicyclic) bond motifs is 12. The quantitative estimate of drug-likeness (QED) is 0.00332. The normalized spacial score (nSPS) is 11.2. The summed E-state index contributed by atoms with van der Waals surface area (Å²) in [7, 11) is 0. The lowest BCUT2D eigenvalue weighted by Crippen LogP contribution is -2.10. The number of phenols is 4. The van der Waals surface area contributed by atoms with E-state index in [0.29, 0.717) is 123 Å². The maximum absolute atomic E-state index is 13.4. The molecule has 0 unspecified atom stereocenters. The lowest BCUT2D eigenvalue weighted by molar-refractivity contribution is -0.138. The van der Waals surface area contributed by atoms with Crippen molar-refractivity contribution in [1.82, 2.24) is 15.0 Å². The number of hydrazine groups is 1. The number of benzene rings is 12. The number of ketones is 1. The van der Waals surface area contributed by atoms with Crippen molar-refractivity contribution in [2.45, 2.75) is 77.0 Å². The van der Waals surface area contributed by atoms with E-state index in [4.69, 9.17) is 53.9 Å². The fourth-order valence-corrected chi connectivity index (χ4v) is 17.3. The van der Waals surface area contributed by atoms with Crippen LogP contribution >= 0.6 is 34.0 Å². The summed E-state index contributed by atoms with van der Waals surface area (Å²) in [5, 5.41) is 58.7. The van der Waals surface area contributed by atoms with Gasteiger partial charge in [0.1, 0.15) is 51.7 Å². The number of esters is 5. The molecule has 0 atom stereocenters. The standard InChI is InChI=1S/C52H49N3O10S.C20H13N3O2S.C16H20O5.C13H8O3.C7H7N3S/c1-3-47(56)62-31-13-7-5-11-29-60-37-21-17-35(18-22-37)50(58)64-39-25-27-41-42-28-26-40(34-44(42)49(43(41)33-39)54-55-52-53-45-15-9-10-16-46(45)66-52)65-51(59)36-19-23-38(24-20-36)61-30-12-6-8-14-32-63-48(57)4-2;24-11-5-7-13-14-8-6-12(25)10-16(14)19(15(13)9-11)22-23-20-21-17-3-1-2-4-18(17)26-20;1-2-15(17)21-12-6-4-3-5-11-20-14-9-7-13(8-10-14)16(18)19;14-7-1-3-9-10-4-2-8(15)6-12(10)13(16)11(9)5-7;8-10-7-9-5-3-1-2-4-6(5)11-7/h3-4,9-10,15-28,33-34H,1-2,5-8,11-14,29-32H2,(H,53,55);1-10,24-25H,(H,21,23);2,7-10H,1,3-6,11-12H2,(H,18,19);1-6,14-15H;1-4H,8H2,(H,9,10). The van der Waals surface area contributed by atoms with Gasteiger partial charge in [0, 0.05) is 51.6 Å². The van der Waals surface area contributed by atoms with E-state index in [1.807, 2.05) is 97.1 Å². The van der Waals surface area contributed by atoms with E-state index in [9.17, 15) is 54.0 Å². The number of aromatic carboxylic acids is 1. The summed E-state index contributed by atoms with van der Waals surface area (Å²) in [5.74, 6) is 4.91. The number of aromatic hydroxyl groups is 4. The van der Waals surface area contributed by atoms with Crippen LogP contribution in [-0.2, 0) is 28.6 Å². The fourth-order valence-electron chi connectivity index (χ4n) is 14.9. The summed E-state index contributed by atoms with van der Waals surface area (Å²) in [4.78, 5) is 95.8. The van der Waals surface area contributed by atoms with Crippen molar-refractivity contribution in [2.24, 2.45) is 16.0 Å². The van der Waals surface area contributed by atoms with Crippen LogP contribution in [-0.4, -0.2) is 133 Å². The third kappa shape index (κ3) is 26.9. The van der Waals surface area contributed by atoms with Crippen LogP contribution in [0.3, 0.4) is 0 Å². The minimum absolute atomic E-state index is 0.0733. The average molecular weight is 1940 g/mol. The Hall–Kier alpha value is -16.7. The first kappa shape index (κ1) is 99.3. The van der Waals surface area contributed by atoms with Gasteiger partial charge in [0.25, 0.3) is 0 Å². The monoisotopic (exact) mass is 1940 g/mol. The molecule has 0 bridgehead atoms. The molecule has 3 aromatic heterocycles. The molecule has 15 aromatic rings. The van der Waals surface area contributed by atoms with Crippen molar-refractivity contribution in [1.29, 1.82) is 0 Å². The zero-order valence-corrected chi connectivity index (χ0v) is 78.2. The highest BCUT2D eigenvalue weighted by atomic mass is 32.1. The molecular weight excluding hydrogens is 1840 g/mol. The average Bonchev–Trinajstić information content (AvgIpc) is 1.60. The van der Waals surface area contributed by atoms with E-state index in [1.165, 1.54) is 46.9 Å². The molecule has 18 rings (SSSR count). The molecule has 0 saturated carbocycles. The molecule has 10 N–H and O–H groups in total. The Morgan fingerprint density at radius 3 is 0.929 bits per heavy atom. The van der Waals surface area contributed by atoms with E-state index in [-0.39, 0.29) is 40.3 Å². The number of unbranched alkanes of at least 4 members (excludes halogenated alkanes) is 9. The molecule has 32 heteroatoms. The van der Waals surface area contributed by atoms with Gasteiger partial charge >= 0.3 is 35.8 Å². The van der Waals surface area contributed by atoms with Crippen LogP contribution in [0, 0.1) is 0 Å². The Labute approximate surface area is 816 Å². The second kappa shape index (κ2) is 49.2. The van der Waals surface area contributed by atoms with Crippen LogP contribution in [0.15, 0.2) is 303 Å². The molecule has 712 valence electrons. The number of carbonyl (C=O) groups excluding carboxylic acids is 6. The zero-order chi connectivity index (χ0) is 98.2. The van der Waals surface area contributed by atoms with Crippen molar-refractivity contribution >= 4 is 133 Å². The molecule has 0 aliphatic heterocycles. The van der Waals surface area contributed by atoms with Crippen LogP contribution in [0.4, 0.5) is 15.4 Å². The van der Waals surface area contributed by atoms with Gasteiger partial charge in [-0.1, -0.05) is 102 Å². The summed E-state index contributed by atoms with van der Waals surface area (Å²) < 4.78 is 47.1.